The van der Waals surface area contributed by atoms with Crippen molar-refractivity contribution in [2.24, 2.45) is 17.3 Å². The van der Waals surface area contributed by atoms with Crippen molar-refractivity contribution >= 4 is 17.7 Å². The summed E-state index contributed by atoms with van der Waals surface area (Å²) in [6.45, 7) is 6.86. The topological polar surface area (TPSA) is 98.7 Å². The standard InChI is InChI=1S/C30H45N3O4/c1-4-9-24(27(35)29(37)31-22-14-15-22)32-28(36)26-23-13-8-12-21(23)19-33(26)25(34)18-30(2,3)17-16-20-10-6-5-7-11-20/h5-7,10-11,21-24,26-27,35H,4,8-9,12-19H2,1-3H3,(H,31,37)(H,32,36)/t21-,23-,24-,26-,27?/m0/s1. The number of rotatable bonds is 12. The van der Waals surface area contributed by atoms with Gasteiger partial charge in [-0.1, -0.05) is 63.9 Å². The summed E-state index contributed by atoms with van der Waals surface area (Å²) in [7, 11) is 0. The van der Waals surface area contributed by atoms with Crippen molar-refractivity contribution in [2.75, 3.05) is 6.54 Å². The maximum atomic E-state index is 13.7. The highest BCUT2D eigenvalue weighted by molar-refractivity contribution is 5.90. The van der Waals surface area contributed by atoms with E-state index in [9.17, 15) is 19.5 Å². The largest absolute Gasteiger partial charge is 0.381 e. The fourth-order valence-corrected chi connectivity index (χ4v) is 6.21. The van der Waals surface area contributed by atoms with Crippen LogP contribution in [0.3, 0.4) is 0 Å². The molecule has 2 saturated carbocycles. The molecule has 3 fully saturated rings. The number of aliphatic hydroxyl groups excluding tert-OH is 1. The second-order valence-electron chi connectivity index (χ2n) is 12.3. The van der Waals surface area contributed by atoms with E-state index in [1.165, 1.54) is 5.56 Å². The average Bonchev–Trinajstić information content (AvgIpc) is 3.42. The first-order valence-corrected chi connectivity index (χ1v) is 14.3. The molecule has 7 heteroatoms. The number of carbonyl (C=O) groups is 3. The number of nitrogens with zero attached hydrogens (tertiary/aromatic N) is 1. The first kappa shape index (κ1) is 27.6. The van der Waals surface area contributed by atoms with Crippen molar-refractivity contribution in [2.45, 2.75) is 109 Å². The smallest absolute Gasteiger partial charge is 0.251 e. The van der Waals surface area contributed by atoms with E-state index in [1.807, 2.05) is 30.0 Å². The SMILES string of the molecule is CCC[C@H](NC(=O)[C@@H]1[C@H]2CCC[C@H]2CN1C(=O)CC(C)(C)CCc1ccccc1)C(O)C(=O)NC1CC1. The summed E-state index contributed by atoms with van der Waals surface area (Å²) < 4.78 is 0. The summed E-state index contributed by atoms with van der Waals surface area (Å²) >= 11 is 0. The van der Waals surface area contributed by atoms with E-state index in [-0.39, 0.29) is 29.2 Å². The van der Waals surface area contributed by atoms with E-state index in [0.717, 1.165) is 51.4 Å². The normalized spacial score (nSPS) is 24.9. The second kappa shape index (κ2) is 12.0. The lowest BCUT2D eigenvalue weighted by Crippen LogP contribution is -2.56. The van der Waals surface area contributed by atoms with Crippen LogP contribution in [0.5, 0.6) is 0 Å². The van der Waals surface area contributed by atoms with Crippen LogP contribution >= 0.6 is 0 Å². The Hall–Kier alpha value is -2.41. The molecule has 1 aromatic rings. The lowest BCUT2D eigenvalue weighted by atomic mass is 9.82. The van der Waals surface area contributed by atoms with Gasteiger partial charge < -0.3 is 20.6 Å². The molecule has 1 saturated heterocycles. The van der Waals surface area contributed by atoms with Crippen LogP contribution in [0.1, 0.15) is 84.1 Å². The second-order valence-corrected chi connectivity index (χ2v) is 12.3. The third-order valence-corrected chi connectivity index (χ3v) is 8.54. The molecule has 0 radical (unpaired) electrons. The average molecular weight is 512 g/mol. The Morgan fingerprint density at radius 3 is 2.51 bits per heavy atom. The Morgan fingerprint density at radius 1 is 1.11 bits per heavy atom. The molecule has 3 amide bonds. The van der Waals surface area contributed by atoms with Gasteiger partial charge in [-0.25, -0.2) is 0 Å². The molecule has 204 valence electrons. The maximum Gasteiger partial charge on any atom is 0.251 e. The fraction of sp³-hybridized carbons (Fsp3) is 0.700. The van der Waals surface area contributed by atoms with Gasteiger partial charge in [-0.3, -0.25) is 14.4 Å². The summed E-state index contributed by atoms with van der Waals surface area (Å²) in [4.78, 5) is 41.6. The van der Waals surface area contributed by atoms with Crippen LogP contribution in [0.15, 0.2) is 30.3 Å². The van der Waals surface area contributed by atoms with E-state index in [2.05, 4.69) is 36.6 Å². The molecule has 1 unspecified atom stereocenters. The molecule has 0 spiro atoms. The third kappa shape index (κ3) is 7.13. The molecule has 4 rings (SSSR count). The fourth-order valence-electron chi connectivity index (χ4n) is 6.21. The highest BCUT2D eigenvalue weighted by atomic mass is 16.3. The van der Waals surface area contributed by atoms with Gasteiger partial charge in [0.15, 0.2) is 6.10 Å². The highest BCUT2D eigenvalue weighted by Crippen LogP contribution is 2.43. The number of nitrogens with one attached hydrogen (secondary N) is 2. The van der Waals surface area contributed by atoms with Gasteiger partial charge in [0.1, 0.15) is 6.04 Å². The minimum Gasteiger partial charge on any atom is -0.381 e. The predicted molar refractivity (Wildman–Crippen MR) is 144 cm³/mol. The van der Waals surface area contributed by atoms with Gasteiger partial charge >= 0.3 is 0 Å². The number of fused-ring (bicyclic) bond motifs is 1. The lowest BCUT2D eigenvalue weighted by molar-refractivity contribution is -0.142. The Balaban J connectivity index is 1.41. The molecule has 37 heavy (non-hydrogen) atoms. The molecule has 2 aliphatic carbocycles. The van der Waals surface area contributed by atoms with Crippen molar-refractivity contribution in [3.8, 4) is 0 Å². The maximum absolute atomic E-state index is 13.7. The first-order chi connectivity index (χ1) is 17.7. The molecule has 1 aromatic carbocycles. The molecule has 3 aliphatic rings. The number of benzene rings is 1. The Bertz CT molecular complexity index is 945. The summed E-state index contributed by atoms with van der Waals surface area (Å²) in [5.74, 6) is -0.108. The van der Waals surface area contributed by atoms with Crippen LogP contribution in [-0.4, -0.2) is 58.5 Å². The van der Waals surface area contributed by atoms with Gasteiger partial charge in [-0.05, 0) is 67.8 Å². The van der Waals surface area contributed by atoms with E-state index in [4.69, 9.17) is 0 Å². The monoisotopic (exact) mass is 511 g/mol. The van der Waals surface area contributed by atoms with Gasteiger partial charge in [-0.15, -0.1) is 0 Å². The quantitative estimate of drug-likeness (QED) is 0.399. The van der Waals surface area contributed by atoms with Crippen LogP contribution in [-0.2, 0) is 20.8 Å². The molecule has 1 heterocycles. The van der Waals surface area contributed by atoms with Crippen molar-refractivity contribution in [1.82, 2.24) is 15.5 Å². The molecular weight excluding hydrogens is 466 g/mol. The van der Waals surface area contributed by atoms with Crippen LogP contribution in [0.2, 0.25) is 0 Å². The number of likely N-dealkylation sites (tertiary alicyclic amines) is 1. The zero-order valence-corrected chi connectivity index (χ0v) is 22.7. The zero-order chi connectivity index (χ0) is 26.6. The number of aliphatic hydroxyl groups is 1. The predicted octanol–water partition coefficient (Wildman–Crippen LogP) is 3.59. The van der Waals surface area contributed by atoms with E-state index < -0.39 is 24.1 Å². The van der Waals surface area contributed by atoms with E-state index in [1.54, 1.807) is 0 Å². The van der Waals surface area contributed by atoms with Crippen molar-refractivity contribution in [1.29, 1.82) is 0 Å². The Kier molecular flexibility index (Phi) is 8.94. The van der Waals surface area contributed by atoms with Crippen LogP contribution < -0.4 is 10.6 Å². The van der Waals surface area contributed by atoms with Crippen molar-refractivity contribution in [3.63, 3.8) is 0 Å². The number of carbonyl (C=O) groups excluding carboxylic acids is 3. The summed E-state index contributed by atoms with van der Waals surface area (Å²) in [6, 6.07) is 9.29. The van der Waals surface area contributed by atoms with Gasteiger partial charge in [0.05, 0.1) is 6.04 Å². The highest BCUT2D eigenvalue weighted by Gasteiger charge is 2.50. The van der Waals surface area contributed by atoms with Crippen molar-refractivity contribution < 1.29 is 19.5 Å². The number of hydrogen-bond acceptors (Lipinski definition) is 4. The molecule has 7 nitrogen and oxygen atoms in total. The Morgan fingerprint density at radius 2 is 1.84 bits per heavy atom. The molecule has 0 bridgehead atoms. The van der Waals surface area contributed by atoms with Crippen LogP contribution in [0, 0.1) is 17.3 Å². The molecule has 1 aliphatic heterocycles. The number of amides is 3. The van der Waals surface area contributed by atoms with Gasteiger partial charge in [0, 0.05) is 19.0 Å². The van der Waals surface area contributed by atoms with Crippen LogP contribution in [0.4, 0.5) is 0 Å². The van der Waals surface area contributed by atoms with E-state index in [0.29, 0.717) is 25.3 Å². The summed E-state index contributed by atoms with van der Waals surface area (Å²) in [5, 5.41) is 16.6. The molecule has 3 N–H and O–H groups in total. The number of aryl methyl sites for hydroxylation is 1. The van der Waals surface area contributed by atoms with Crippen LogP contribution in [0.25, 0.3) is 0 Å². The first-order valence-electron chi connectivity index (χ1n) is 14.3. The third-order valence-electron chi connectivity index (χ3n) is 8.54. The summed E-state index contributed by atoms with van der Waals surface area (Å²) in [6.07, 6.45) is 7.08. The van der Waals surface area contributed by atoms with Crippen molar-refractivity contribution in [3.05, 3.63) is 35.9 Å². The lowest BCUT2D eigenvalue weighted by Gasteiger charge is -2.33. The summed E-state index contributed by atoms with van der Waals surface area (Å²) in [5.41, 5.74) is 1.08. The Labute approximate surface area is 221 Å². The van der Waals surface area contributed by atoms with Gasteiger partial charge in [0.25, 0.3) is 5.91 Å². The minimum absolute atomic E-state index is 0.0340. The van der Waals surface area contributed by atoms with Gasteiger partial charge in [-0.2, -0.15) is 0 Å². The zero-order valence-electron chi connectivity index (χ0n) is 22.7. The minimum atomic E-state index is -1.29. The van der Waals surface area contributed by atoms with E-state index >= 15 is 0 Å². The number of hydrogen-bond donors (Lipinski definition) is 3. The molecule has 0 aromatic heterocycles. The van der Waals surface area contributed by atoms with Gasteiger partial charge in [0.2, 0.25) is 11.8 Å². The molecule has 5 atom stereocenters. The molecular formula is C30H45N3O4.